The zero-order valence-corrected chi connectivity index (χ0v) is 13.9. The molecule has 2 rings (SSSR count). The molecule has 1 aliphatic heterocycles. The number of nitrogens with one attached hydrogen (secondary N) is 1. The molecular weight excluding hydrogens is 289 g/mol. The molecule has 1 aliphatic rings. The molecule has 1 N–H and O–H groups in total. The summed E-state index contributed by atoms with van der Waals surface area (Å²) in [7, 11) is -3.27. The van der Waals surface area contributed by atoms with Crippen molar-refractivity contribution in [2.75, 3.05) is 12.3 Å². The van der Waals surface area contributed by atoms with Gasteiger partial charge in [0.2, 0.25) is 0 Å². The Kier molecular flexibility index (Phi) is 4.45. The van der Waals surface area contributed by atoms with E-state index in [1.807, 2.05) is 0 Å². The molecule has 1 aromatic rings. The Morgan fingerprint density at radius 1 is 1.38 bits per heavy atom. The molecule has 0 aromatic heterocycles. The van der Waals surface area contributed by atoms with Gasteiger partial charge in [-0.3, -0.25) is 0 Å². The number of sulfone groups is 1. The zero-order chi connectivity index (χ0) is 15.8. The van der Waals surface area contributed by atoms with E-state index < -0.39 is 9.84 Å². The van der Waals surface area contributed by atoms with Crippen molar-refractivity contribution in [2.24, 2.45) is 11.3 Å². The van der Waals surface area contributed by atoms with E-state index in [-0.39, 0.29) is 27.9 Å². The molecule has 0 bridgehead atoms. The number of hydrogen-bond acceptors (Lipinski definition) is 3. The van der Waals surface area contributed by atoms with Crippen molar-refractivity contribution in [1.29, 1.82) is 0 Å². The van der Waals surface area contributed by atoms with Crippen LogP contribution < -0.4 is 5.32 Å². The molecule has 118 valence electrons. The lowest BCUT2D eigenvalue weighted by atomic mass is 9.82. The van der Waals surface area contributed by atoms with E-state index in [2.05, 4.69) is 33.0 Å². The quantitative estimate of drug-likeness (QED) is 0.871. The van der Waals surface area contributed by atoms with Gasteiger partial charge >= 0.3 is 0 Å². The normalized spacial score (nSPS) is 22.6. The predicted molar refractivity (Wildman–Crippen MR) is 82.4 cm³/mol. The van der Waals surface area contributed by atoms with Crippen LogP contribution in [-0.2, 0) is 9.84 Å². The summed E-state index contributed by atoms with van der Waals surface area (Å²) in [5.41, 5.74) is 0.751. The van der Waals surface area contributed by atoms with Gasteiger partial charge in [-0.05, 0) is 48.1 Å². The van der Waals surface area contributed by atoms with Gasteiger partial charge in [-0.25, -0.2) is 12.8 Å². The molecule has 3 nitrogen and oxygen atoms in total. The van der Waals surface area contributed by atoms with Crippen molar-refractivity contribution >= 4 is 9.84 Å². The smallest absolute Gasteiger partial charge is 0.178 e. The van der Waals surface area contributed by atoms with Gasteiger partial charge in [0, 0.05) is 6.04 Å². The molecule has 2 unspecified atom stereocenters. The Labute approximate surface area is 126 Å². The lowest BCUT2D eigenvalue weighted by Gasteiger charge is -2.32. The van der Waals surface area contributed by atoms with Crippen LogP contribution in [0.3, 0.4) is 0 Å². The first-order chi connectivity index (χ1) is 9.61. The standard InChI is InChI=1S/C16H24FNO2S/c1-11(16(2,3)4)10-18-14-7-8-21(19,20)15-6-5-12(17)9-13(14)15/h5-6,9,11,14,18H,7-8,10H2,1-4H3. The monoisotopic (exact) mass is 313 g/mol. The molecule has 1 heterocycles. The lowest BCUT2D eigenvalue weighted by molar-refractivity contribution is 0.243. The summed E-state index contributed by atoms with van der Waals surface area (Å²) in [4.78, 5) is 0.274. The predicted octanol–water partition coefficient (Wildman–Crippen LogP) is 3.32. The Morgan fingerprint density at radius 2 is 2.05 bits per heavy atom. The van der Waals surface area contributed by atoms with Crippen LogP contribution in [0.15, 0.2) is 23.1 Å². The van der Waals surface area contributed by atoms with Crippen LogP contribution in [0.4, 0.5) is 4.39 Å². The van der Waals surface area contributed by atoms with Crippen molar-refractivity contribution in [1.82, 2.24) is 5.32 Å². The fourth-order valence-electron chi connectivity index (χ4n) is 2.45. The molecule has 0 radical (unpaired) electrons. The van der Waals surface area contributed by atoms with E-state index in [1.54, 1.807) is 0 Å². The van der Waals surface area contributed by atoms with Gasteiger partial charge in [0.15, 0.2) is 9.84 Å². The third kappa shape index (κ3) is 3.64. The highest BCUT2D eigenvalue weighted by Gasteiger charge is 2.31. The van der Waals surface area contributed by atoms with Gasteiger partial charge < -0.3 is 5.32 Å². The average Bonchev–Trinajstić information content (AvgIpc) is 2.36. The van der Waals surface area contributed by atoms with Gasteiger partial charge in [0.25, 0.3) is 0 Å². The van der Waals surface area contributed by atoms with E-state index in [0.29, 0.717) is 17.9 Å². The van der Waals surface area contributed by atoms with Crippen molar-refractivity contribution in [3.05, 3.63) is 29.6 Å². The van der Waals surface area contributed by atoms with Gasteiger partial charge in [-0.2, -0.15) is 0 Å². The highest BCUT2D eigenvalue weighted by Crippen LogP contribution is 2.33. The van der Waals surface area contributed by atoms with E-state index in [1.165, 1.54) is 18.2 Å². The molecule has 0 amide bonds. The van der Waals surface area contributed by atoms with Crippen molar-refractivity contribution in [2.45, 2.75) is 45.1 Å². The molecule has 0 aliphatic carbocycles. The van der Waals surface area contributed by atoms with Crippen LogP contribution in [0.5, 0.6) is 0 Å². The minimum atomic E-state index is -3.27. The van der Waals surface area contributed by atoms with Gasteiger partial charge in [0.1, 0.15) is 5.82 Å². The second kappa shape index (κ2) is 5.69. The number of fused-ring (bicyclic) bond motifs is 1. The molecule has 0 saturated heterocycles. The van der Waals surface area contributed by atoms with E-state index >= 15 is 0 Å². The molecule has 1 aromatic carbocycles. The number of halogens is 1. The largest absolute Gasteiger partial charge is 0.310 e. The fourth-order valence-corrected chi connectivity index (χ4v) is 4.05. The number of benzene rings is 1. The highest BCUT2D eigenvalue weighted by atomic mass is 32.2. The van der Waals surface area contributed by atoms with Crippen LogP contribution >= 0.6 is 0 Å². The van der Waals surface area contributed by atoms with E-state index in [4.69, 9.17) is 0 Å². The topological polar surface area (TPSA) is 46.2 Å². The molecule has 0 saturated carbocycles. The summed E-state index contributed by atoms with van der Waals surface area (Å²) < 4.78 is 37.6. The highest BCUT2D eigenvalue weighted by molar-refractivity contribution is 7.91. The van der Waals surface area contributed by atoms with E-state index in [0.717, 1.165) is 6.54 Å². The van der Waals surface area contributed by atoms with Crippen molar-refractivity contribution in [3.8, 4) is 0 Å². The minimum absolute atomic E-state index is 0.0935. The molecule has 5 heteroatoms. The molecule has 0 fully saturated rings. The summed E-state index contributed by atoms with van der Waals surface area (Å²) in [6.07, 6.45) is 0.496. The van der Waals surface area contributed by atoms with E-state index in [9.17, 15) is 12.8 Å². The summed E-state index contributed by atoms with van der Waals surface area (Å²) in [6, 6.07) is 3.87. The third-order valence-corrected chi connectivity index (χ3v) is 6.32. The summed E-state index contributed by atoms with van der Waals surface area (Å²) in [6.45, 7) is 9.48. The molecule has 21 heavy (non-hydrogen) atoms. The Morgan fingerprint density at radius 3 is 2.67 bits per heavy atom. The minimum Gasteiger partial charge on any atom is -0.310 e. The molecule has 0 spiro atoms. The first-order valence-electron chi connectivity index (χ1n) is 7.37. The van der Waals surface area contributed by atoms with Crippen LogP contribution in [0.2, 0.25) is 0 Å². The van der Waals surface area contributed by atoms with Crippen molar-refractivity contribution in [3.63, 3.8) is 0 Å². The molecule has 2 atom stereocenters. The SMILES string of the molecule is CC(CNC1CCS(=O)(=O)c2ccc(F)cc21)C(C)(C)C. The Balaban J connectivity index is 2.22. The third-order valence-electron chi connectivity index (χ3n) is 4.51. The van der Waals surface area contributed by atoms with Crippen molar-refractivity contribution < 1.29 is 12.8 Å². The first-order valence-corrected chi connectivity index (χ1v) is 9.02. The molecular formula is C16H24FNO2S. The van der Waals surface area contributed by atoms with Gasteiger partial charge in [-0.1, -0.05) is 27.7 Å². The summed E-state index contributed by atoms with van der Waals surface area (Å²) in [5, 5.41) is 3.42. The summed E-state index contributed by atoms with van der Waals surface area (Å²) >= 11 is 0. The van der Waals surface area contributed by atoms with Gasteiger partial charge in [-0.15, -0.1) is 0 Å². The van der Waals surface area contributed by atoms with Crippen LogP contribution in [-0.4, -0.2) is 20.7 Å². The number of rotatable bonds is 3. The van der Waals surface area contributed by atoms with Crippen LogP contribution in [0.1, 0.15) is 45.7 Å². The second-order valence-electron chi connectivity index (χ2n) is 7.02. The average molecular weight is 313 g/mol. The maximum atomic E-state index is 13.5. The maximum Gasteiger partial charge on any atom is 0.178 e. The first kappa shape index (κ1) is 16.4. The maximum absolute atomic E-state index is 13.5. The fraction of sp³-hybridized carbons (Fsp3) is 0.625. The Hall–Kier alpha value is -0.940. The second-order valence-corrected chi connectivity index (χ2v) is 9.10. The van der Waals surface area contributed by atoms with Gasteiger partial charge in [0.05, 0.1) is 10.6 Å². The zero-order valence-electron chi connectivity index (χ0n) is 13.1. The summed E-state index contributed by atoms with van der Waals surface area (Å²) in [5.74, 6) is 0.169. The lowest BCUT2D eigenvalue weighted by Crippen LogP contribution is -2.35. The van der Waals surface area contributed by atoms with Crippen LogP contribution in [0.25, 0.3) is 0 Å². The van der Waals surface area contributed by atoms with Crippen LogP contribution in [0, 0.1) is 17.2 Å². The number of hydrogen-bond donors (Lipinski definition) is 1. The Bertz CT molecular complexity index is 620.